The highest BCUT2D eigenvalue weighted by molar-refractivity contribution is 9.10. The molecule has 2 aromatic carbocycles. The zero-order chi connectivity index (χ0) is 16.4. The standard InChI is InChI=1S/C16H15BrN2O3/c1-10-6-13(17)7-11(2)16(10)18(3)9-12-8-14(19(21)22)4-5-15(12)20/h4-9,20H,3H2,1-2H3. The van der Waals surface area contributed by atoms with Crippen molar-refractivity contribution in [3.05, 3.63) is 68.2 Å². The van der Waals surface area contributed by atoms with Gasteiger partial charge in [0.1, 0.15) is 6.54 Å². The van der Waals surface area contributed by atoms with Crippen molar-refractivity contribution >= 4 is 34.0 Å². The molecule has 0 spiro atoms. The maximum Gasteiger partial charge on any atom is 0.238 e. The van der Waals surface area contributed by atoms with E-state index in [0.717, 1.165) is 21.3 Å². The van der Waals surface area contributed by atoms with Gasteiger partial charge in [-0.1, -0.05) is 15.9 Å². The van der Waals surface area contributed by atoms with Gasteiger partial charge in [-0.3, -0.25) is 14.7 Å². The Morgan fingerprint density at radius 3 is 2.36 bits per heavy atom. The number of aryl methyl sites for hydroxylation is 2. The number of nitrogens with zero attached hydrogens (tertiary/aromatic N) is 2. The first-order chi connectivity index (χ1) is 10.3. The molecule has 0 fully saturated rings. The third kappa shape index (κ3) is 3.28. The number of hydrogen-bond acceptors (Lipinski definition) is 3. The van der Waals surface area contributed by atoms with Crippen molar-refractivity contribution in [3.8, 4) is 5.75 Å². The molecule has 0 aliphatic heterocycles. The van der Waals surface area contributed by atoms with Crippen LogP contribution in [-0.2, 0) is 0 Å². The van der Waals surface area contributed by atoms with Crippen LogP contribution in [0.3, 0.4) is 0 Å². The lowest BCUT2D eigenvalue weighted by Gasteiger charge is -2.14. The Morgan fingerprint density at radius 1 is 1.23 bits per heavy atom. The van der Waals surface area contributed by atoms with E-state index in [1.165, 1.54) is 18.2 Å². The van der Waals surface area contributed by atoms with Crippen LogP contribution in [0.4, 0.5) is 11.4 Å². The first-order valence-electron chi connectivity index (χ1n) is 6.48. The lowest BCUT2D eigenvalue weighted by atomic mass is 10.1. The van der Waals surface area contributed by atoms with Crippen molar-refractivity contribution < 1.29 is 14.6 Å². The molecular weight excluding hydrogens is 348 g/mol. The highest BCUT2D eigenvalue weighted by atomic mass is 79.9. The van der Waals surface area contributed by atoms with Crippen molar-refractivity contribution in [2.24, 2.45) is 0 Å². The molecule has 114 valence electrons. The van der Waals surface area contributed by atoms with Crippen molar-refractivity contribution in [2.45, 2.75) is 13.8 Å². The molecule has 2 rings (SSSR count). The van der Waals surface area contributed by atoms with E-state index in [2.05, 4.69) is 22.6 Å². The Kier molecular flexibility index (Phi) is 4.51. The topological polar surface area (TPSA) is 66.4 Å². The van der Waals surface area contributed by atoms with Crippen molar-refractivity contribution in [1.82, 2.24) is 0 Å². The van der Waals surface area contributed by atoms with Gasteiger partial charge in [0.15, 0.2) is 5.69 Å². The van der Waals surface area contributed by atoms with Crippen molar-refractivity contribution in [1.29, 1.82) is 0 Å². The zero-order valence-corrected chi connectivity index (χ0v) is 13.8. The lowest BCUT2D eigenvalue weighted by Crippen LogP contribution is -2.04. The van der Waals surface area contributed by atoms with E-state index in [1.54, 1.807) is 11.1 Å². The maximum atomic E-state index is 10.8. The quantitative estimate of drug-likeness (QED) is 0.291. The fourth-order valence-corrected chi connectivity index (χ4v) is 3.03. The number of aromatic hydroxyl groups is 1. The highest BCUT2D eigenvalue weighted by Crippen LogP contribution is 2.31. The lowest BCUT2D eigenvalue weighted by molar-refractivity contribution is -0.386. The second-order valence-corrected chi connectivity index (χ2v) is 5.90. The molecule has 22 heavy (non-hydrogen) atoms. The molecule has 0 aliphatic carbocycles. The normalized spacial score (nSPS) is 10.3. The Hall–Kier alpha value is -2.34. The minimum Gasteiger partial charge on any atom is -0.542 e. The van der Waals surface area contributed by atoms with Crippen LogP contribution in [0, 0.1) is 30.5 Å². The molecule has 0 aromatic heterocycles. The summed E-state index contributed by atoms with van der Waals surface area (Å²) in [6.45, 7) is 9.43. The summed E-state index contributed by atoms with van der Waals surface area (Å²) in [7, 11) is 0. The van der Waals surface area contributed by atoms with E-state index in [0.29, 0.717) is 5.56 Å². The molecule has 5 nitrogen and oxygen atoms in total. The summed E-state index contributed by atoms with van der Waals surface area (Å²) < 4.78 is 2.58. The van der Waals surface area contributed by atoms with Crippen LogP contribution in [0.25, 0.3) is 0 Å². The number of phenols is 1. The number of halogens is 1. The number of hydrogen-bond donors (Lipinski definition) is 1. The summed E-state index contributed by atoms with van der Waals surface area (Å²) in [5.74, 6) is -0.0355. The average Bonchev–Trinajstić information content (AvgIpc) is 2.39. The van der Waals surface area contributed by atoms with E-state index in [9.17, 15) is 15.2 Å². The van der Waals surface area contributed by atoms with Crippen LogP contribution < -0.4 is 0 Å². The molecule has 0 aliphatic rings. The number of benzene rings is 2. The van der Waals surface area contributed by atoms with Gasteiger partial charge in [0.25, 0.3) is 0 Å². The summed E-state index contributed by atoms with van der Waals surface area (Å²) in [5, 5.41) is 20.7. The van der Waals surface area contributed by atoms with Crippen LogP contribution in [0.5, 0.6) is 5.75 Å². The first kappa shape index (κ1) is 16.0. The number of non-ortho nitro benzene ring substituents is 1. The maximum absolute atomic E-state index is 10.8. The van der Waals surface area contributed by atoms with E-state index in [4.69, 9.17) is 0 Å². The van der Waals surface area contributed by atoms with Gasteiger partial charge >= 0.3 is 0 Å². The Morgan fingerprint density at radius 2 is 1.82 bits per heavy atom. The molecule has 1 N–H and O–H groups in total. The number of rotatable bonds is 4. The van der Waals surface area contributed by atoms with Crippen LogP contribution in [0.2, 0.25) is 0 Å². The average molecular weight is 363 g/mol. The number of nitro groups is 1. The molecular formula is C16H15BrN2O3. The van der Waals surface area contributed by atoms with Gasteiger partial charge in [-0.15, -0.1) is 0 Å². The van der Waals surface area contributed by atoms with Crippen LogP contribution in [-0.4, -0.2) is 21.3 Å². The summed E-state index contributed by atoms with van der Waals surface area (Å²) in [6, 6.07) is 7.80. The third-order valence-corrected chi connectivity index (χ3v) is 3.72. The predicted octanol–water partition coefficient (Wildman–Crippen LogP) is 4.23. The van der Waals surface area contributed by atoms with Crippen LogP contribution in [0.15, 0.2) is 34.8 Å². The Balaban J connectivity index is 2.38. The van der Waals surface area contributed by atoms with E-state index in [1.807, 2.05) is 26.0 Å². The summed E-state index contributed by atoms with van der Waals surface area (Å²) in [6.07, 6.45) is 0. The molecule has 0 heterocycles. The van der Waals surface area contributed by atoms with E-state index in [-0.39, 0.29) is 11.4 Å². The second kappa shape index (κ2) is 6.19. The van der Waals surface area contributed by atoms with Gasteiger partial charge in [-0.2, -0.15) is 0 Å². The molecule has 0 saturated heterocycles. The van der Waals surface area contributed by atoms with Crippen molar-refractivity contribution in [2.75, 3.05) is 0 Å². The molecule has 0 atom stereocenters. The summed E-state index contributed by atoms with van der Waals surface area (Å²) in [5.41, 5.74) is 3.15. The fraction of sp³-hybridized carbons (Fsp3) is 0.125. The zero-order valence-electron chi connectivity index (χ0n) is 12.2. The predicted molar refractivity (Wildman–Crippen MR) is 88.8 cm³/mol. The molecule has 0 bridgehead atoms. The molecule has 2 aromatic rings. The summed E-state index contributed by atoms with van der Waals surface area (Å²) >= 11 is 3.44. The van der Waals surface area contributed by atoms with Gasteiger partial charge in [-0.05, 0) is 54.8 Å². The monoisotopic (exact) mass is 362 g/mol. The largest absolute Gasteiger partial charge is 0.542 e. The minimum absolute atomic E-state index is 0.0355. The number of nitro benzene ring substituents is 1. The fourth-order valence-electron chi connectivity index (χ4n) is 2.35. The van der Waals surface area contributed by atoms with Crippen molar-refractivity contribution in [3.63, 3.8) is 0 Å². The Labute approximate surface area is 136 Å². The van der Waals surface area contributed by atoms with Gasteiger partial charge in [-0.25, -0.2) is 0 Å². The molecule has 0 unspecified atom stereocenters. The molecule has 6 heteroatoms. The van der Waals surface area contributed by atoms with Gasteiger partial charge in [0.2, 0.25) is 5.69 Å². The molecule has 0 saturated carbocycles. The van der Waals surface area contributed by atoms with E-state index < -0.39 is 4.92 Å². The summed E-state index contributed by atoms with van der Waals surface area (Å²) in [4.78, 5) is 10.3. The van der Waals surface area contributed by atoms with Gasteiger partial charge in [0, 0.05) is 10.5 Å². The molecule has 0 amide bonds. The minimum atomic E-state index is -0.500. The third-order valence-electron chi connectivity index (χ3n) is 3.26. The second-order valence-electron chi connectivity index (χ2n) is 4.99. The SMILES string of the molecule is C=[N+]([CH-]c1cc([N+](=O)[O-])ccc1O)c1c(C)cc(Br)cc1C. The van der Waals surface area contributed by atoms with E-state index >= 15 is 0 Å². The highest BCUT2D eigenvalue weighted by Gasteiger charge is 2.14. The molecule has 0 radical (unpaired) electrons. The van der Waals surface area contributed by atoms with Crippen LogP contribution >= 0.6 is 15.9 Å². The van der Waals surface area contributed by atoms with Crippen LogP contribution in [0.1, 0.15) is 16.7 Å². The smallest absolute Gasteiger partial charge is 0.238 e. The van der Waals surface area contributed by atoms with Gasteiger partial charge in [0.05, 0.1) is 17.4 Å². The Bertz CT molecular complexity index is 749. The van der Waals surface area contributed by atoms with Gasteiger partial charge < -0.3 is 5.11 Å². The number of phenolic OH excluding ortho intramolecular Hbond substituents is 1. The first-order valence-corrected chi connectivity index (χ1v) is 7.27.